The van der Waals surface area contributed by atoms with Gasteiger partial charge in [0.15, 0.2) is 0 Å². The minimum Gasteiger partial charge on any atom is -0.478 e. The molecule has 15 heavy (non-hydrogen) atoms. The third-order valence-electron chi connectivity index (χ3n) is 1.71. The van der Waals surface area contributed by atoms with Gasteiger partial charge in [0.25, 0.3) is 0 Å². The lowest BCUT2D eigenvalue weighted by Crippen LogP contribution is -1.84. The highest BCUT2D eigenvalue weighted by molar-refractivity contribution is 5.80. The minimum absolute atomic E-state index is 0.567. The first-order valence-corrected chi connectivity index (χ1v) is 4.31. The number of nitriles is 1. The van der Waals surface area contributed by atoms with Crippen molar-refractivity contribution in [1.82, 2.24) is 0 Å². The van der Waals surface area contributed by atoms with Crippen LogP contribution in [0.1, 0.15) is 11.1 Å². The van der Waals surface area contributed by atoms with E-state index in [1.54, 1.807) is 30.4 Å². The van der Waals surface area contributed by atoms with Crippen molar-refractivity contribution in [2.75, 3.05) is 0 Å². The van der Waals surface area contributed by atoms with E-state index in [1.807, 2.05) is 6.07 Å². The molecule has 0 fully saturated rings. The van der Waals surface area contributed by atoms with Crippen molar-refractivity contribution < 1.29 is 9.90 Å². The summed E-state index contributed by atoms with van der Waals surface area (Å²) in [5, 5.41) is 17.1. The Kier molecular flexibility index (Phi) is 3.87. The summed E-state index contributed by atoms with van der Waals surface area (Å²) in [5.74, 6) is -0.992. The maximum absolute atomic E-state index is 10.2. The van der Waals surface area contributed by atoms with Crippen molar-refractivity contribution in [2.45, 2.75) is 0 Å². The Bertz CT molecular complexity index is 453. The zero-order chi connectivity index (χ0) is 11.1. The Morgan fingerprint density at radius 3 is 2.73 bits per heavy atom. The van der Waals surface area contributed by atoms with Crippen molar-refractivity contribution in [3.8, 4) is 6.07 Å². The van der Waals surface area contributed by atoms with Gasteiger partial charge in [0.05, 0.1) is 11.6 Å². The maximum atomic E-state index is 10.2. The monoisotopic (exact) mass is 199 g/mol. The fraction of sp³-hybridized carbons (Fsp3) is 0. The molecule has 0 aliphatic rings. The second-order valence-electron chi connectivity index (χ2n) is 2.76. The number of aliphatic carboxylic acids is 1. The molecule has 0 aromatic heterocycles. The molecule has 0 spiro atoms. The first-order chi connectivity index (χ1) is 7.24. The lowest BCUT2D eigenvalue weighted by molar-refractivity contribution is -0.131. The number of benzene rings is 1. The minimum atomic E-state index is -0.992. The lowest BCUT2D eigenvalue weighted by atomic mass is 10.1. The summed E-state index contributed by atoms with van der Waals surface area (Å²) in [6.45, 7) is 0. The zero-order valence-corrected chi connectivity index (χ0v) is 7.92. The van der Waals surface area contributed by atoms with Gasteiger partial charge in [0.2, 0.25) is 0 Å². The van der Waals surface area contributed by atoms with Crippen molar-refractivity contribution in [1.29, 1.82) is 5.26 Å². The van der Waals surface area contributed by atoms with Crippen LogP contribution in [0.15, 0.2) is 42.5 Å². The second kappa shape index (κ2) is 5.40. The summed E-state index contributed by atoms with van der Waals surface area (Å²) in [7, 11) is 0. The van der Waals surface area contributed by atoms with Gasteiger partial charge in [-0.2, -0.15) is 5.26 Å². The highest BCUT2D eigenvalue weighted by atomic mass is 16.4. The van der Waals surface area contributed by atoms with Gasteiger partial charge in [-0.25, -0.2) is 4.79 Å². The van der Waals surface area contributed by atoms with Gasteiger partial charge < -0.3 is 5.11 Å². The molecule has 0 radical (unpaired) electrons. The van der Waals surface area contributed by atoms with Gasteiger partial charge in [-0.05, 0) is 11.6 Å². The molecular formula is C12H9NO2. The zero-order valence-electron chi connectivity index (χ0n) is 7.92. The summed E-state index contributed by atoms with van der Waals surface area (Å²) in [6.07, 6.45) is 5.73. The molecule has 0 atom stereocenters. The van der Waals surface area contributed by atoms with Gasteiger partial charge in [-0.1, -0.05) is 36.4 Å². The third-order valence-corrected chi connectivity index (χ3v) is 1.71. The standard InChI is InChI=1S/C12H9NO2/c13-9-11-7-2-1-5-10(11)6-3-4-8-12(14)15/h1-8H,(H,14,15). The fourth-order valence-electron chi connectivity index (χ4n) is 1.04. The van der Waals surface area contributed by atoms with Crippen LogP contribution in [0.2, 0.25) is 0 Å². The molecular weight excluding hydrogens is 190 g/mol. The molecule has 74 valence electrons. The second-order valence-corrected chi connectivity index (χ2v) is 2.76. The Balaban J connectivity index is 2.81. The predicted molar refractivity (Wildman–Crippen MR) is 57.0 cm³/mol. The first-order valence-electron chi connectivity index (χ1n) is 4.31. The number of nitrogens with zero attached hydrogens (tertiary/aromatic N) is 1. The summed E-state index contributed by atoms with van der Waals surface area (Å²) in [4.78, 5) is 10.2. The Morgan fingerprint density at radius 1 is 1.33 bits per heavy atom. The van der Waals surface area contributed by atoms with Crippen molar-refractivity contribution in [3.05, 3.63) is 53.6 Å². The third kappa shape index (κ3) is 3.49. The van der Waals surface area contributed by atoms with Crippen LogP contribution in [0, 0.1) is 11.3 Å². The number of carbonyl (C=O) groups is 1. The van der Waals surface area contributed by atoms with Crippen LogP contribution in [0.25, 0.3) is 6.08 Å². The highest BCUT2D eigenvalue weighted by Crippen LogP contribution is 2.08. The van der Waals surface area contributed by atoms with E-state index in [0.29, 0.717) is 5.56 Å². The summed E-state index contributed by atoms with van der Waals surface area (Å²) < 4.78 is 0. The van der Waals surface area contributed by atoms with Gasteiger partial charge in [0, 0.05) is 6.08 Å². The molecule has 0 bridgehead atoms. The lowest BCUT2D eigenvalue weighted by Gasteiger charge is -1.94. The molecule has 0 saturated heterocycles. The number of hydrogen-bond acceptors (Lipinski definition) is 2. The van der Waals surface area contributed by atoms with E-state index in [0.717, 1.165) is 11.6 Å². The molecule has 0 heterocycles. The topological polar surface area (TPSA) is 61.1 Å². The molecule has 0 aliphatic carbocycles. The van der Waals surface area contributed by atoms with Crippen molar-refractivity contribution in [3.63, 3.8) is 0 Å². The maximum Gasteiger partial charge on any atom is 0.328 e. The summed E-state index contributed by atoms with van der Waals surface area (Å²) in [6, 6.07) is 9.16. The van der Waals surface area contributed by atoms with Gasteiger partial charge in [-0.15, -0.1) is 0 Å². The molecule has 3 nitrogen and oxygen atoms in total. The van der Waals surface area contributed by atoms with E-state index in [2.05, 4.69) is 6.07 Å². The van der Waals surface area contributed by atoms with Gasteiger partial charge >= 0.3 is 5.97 Å². The number of rotatable bonds is 3. The number of allylic oxidation sites excluding steroid dienone is 2. The average molecular weight is 199 g/mol. The Labute approximate surface area is 87.6 Å². The number of hydrogen-bond donors (Lipinski definition) is 1. The van der Waals surface area contributed by atoms with Crippen LogP contribution >= 0.6 is 0 Å². The van der Waals surface area contributed by atoms with Crippen LogP contribution in [0.4, 0.5) is 0 Å². The predicted octanol–water partition coefficient (Wildman–Crippen LogP) is 2.21. The average Bonchev–Trinajstić information content (AvgIpc) is 2.24. The van der Waals surface area contributed by atoms with Crippen LogP contribution in [0.5, 0.6) is 0 Å². The molecule has 0 unspecified atom stereocenters. The fourth-order valence-corrected chi connectivity index (χ4v) is 1.04. The SMILES string of the molecule is N#Cc1ccccc1C=CC=CC(=O)O. The number of carboxylic acid groups (broad SMARTS) is 1. The summed E-state index contributed by atoms with van der Waals surface area (Å²) >= 11 is 0. The van der Waals surface area contributed by atoms with Gasteiger partial charge in [-0.3, -0.25) is 0 Å². The smallest absolute Gasteiger partial charge is 0.328 e. The van der Waals surface area contributed by atoms with Gasteiger partial charge in [0.1, 0.15) is 0 Å². The molecule has 3 heteroatoms. The van der Waals surface area contributed by atoms with E-state index in [1.165, 1.54) is 6.08 Å². The molecule has 1 aromatic carbocycles. The molecule has 1 aromatic rings. The molecule has 0 aliphatic heterocycles. The summed E-state index contributed by atoms with van der Waals surface area (Å²) in [5.41, 5.74) is 1.34. The molecule has 1 N–H and O–H groups in total. The first kappa shape index (κ1) is 10.7. The Morgan fingerprint density at radius 2 is 2.07 bits per heavy atom. The molecule has 0 saturated carbocycles. The molecule has 1 rings (SSSR count). The van der Waals surface area contributed by atoms with E-state index in [-0.39, 0.29) is 0 Å². The van der Waals surface area contributed by atoms with Crippen LogP contribution in [-0.4, -0.2) is 11.1 Å². The van der Waals surface area contributed by atoms with Crippen molar-refractivity contribution >= 4 is 12.0 Å². The van der Waals surface area contributed by atoms with Crippen molar-refractivity contribution in [2.24, 2.45) is 0 Å². The van der Waals surface area contributed by atoms with Crippen LogP contribution in [-0.2, 0) is 4.79 Å². The largest absolute Gasteiger partial charge is 0.478 e. The number of carboxylic acids is 1. The Hall–Kier alpha value is -2.34. The van der Waals surface area contributed by atoms with E-state index < -0.39 is 5.97 Å². The highest BCUT2D eigenvalue weighted by Gasteiger charge is 1.94. The van der Waals surface area contributed by atoms with E-state index >= 15 is 0 Å². The van der Waals surface area contributed by atoms with Crippen LogP contribution < -0.4 is 0 Å². The normalized spacial score (nSPS) is 10.6. The molecule has 0 amide bonds. The quantitative estimate of drug-likeness (QED) is 0.599. The van der Waals surface area contributed by atoms with E-state index in [4.69, 9.17) is 10.4 Å². The van der Waals surface area contributed by atoms with Crippen LogP contribution in [0.3, 0.4) is 0 Å². The van der Waals surface area contributed by atoms with E-state index in [9.17, 15) is 4.79 Å².